The number of piperidine rings is 1. The summed E-state index contributed by atoms with van der Waals surface area (Å²) in [6, 6.07) is 7.42. The average molecular weight is 549 g/mol. The van der Waals surface area contributed by atoms with Gasteiger partial charge in [-0.05, 0) is 60.6 Å². The van der Waals surface area contributed by atoms with Crippen LogP contribution in [0.2, 0.25) is 0 Å². The molecule has 1 aliphatic heterocycles. The molecule has 0 radical (unpaired) electrons. The fraction of sp³-hybridized carbons (Fsp3) is 0.357. The van der Waals surface area contributed by atoms with Crippen LogP contribution in [-0.4, -0.2) is 58.0 Å². The number of pyridine rings is 1. The number of alkyl carbamates (subject to hydrolysis) is 1. The second-order valence-electron chi connectivity index (χ2n) is 10.5. The van der Waals surface area contributed by atoms with Gasteiger partial charge in [-0.2, -0.15) is 9.61 Å². The van der Waals surface area contributed by atoms with E-state index in [0.29, 0.717) is 35.8 Å². The Labute approximate surface area is 229 Å². The summed E-state index contributed by atoms with van der Waals surface area (Å²) in [6.45, 7) is 3.13. The van der Waals surface area contributed by atoms with Gasteiger partial charge in [0.15, 0.2) is 0 Å². The Bertz CT molecular complexity index is 1540. The van der Waals surface area contributed by atoms with Crippen LogP contribution < -0.4 is 21.3 Å². The number of anilines is 3. The van der Waals surface area contributed by atoms with E-state index in [2.05, 4.69) is 30.6 Å². The molecule has 3 aromatic heterocycles. The molecule has 40 heavy (non-hydrogen) atoms. The van der Waals surface area contributed by atoms with Gasteiger partial charge in [0.05, 0.1) is 53.7 Å². The minimum atomic E-state index is -0.631. The first-order valence-corrected chi connectivity index (χ1v) is 13.2. The summed E-state index contributed by atoms with van der Waals surface area (Å²) >= 11 is 0. The fourth-order valence-electron chi connectivity index (χ4n) is 5.44. The number of amides is 1. The molecule has 4 N–H and O–H groups in total. The number of halogens is 2. The van der Waals surface area contributed by atoms with Crippen molar-refractivity contribution in [3.8, 4) is 11.3 Å². The Balaban J connectivity index is 1.28. The van der Waals surface area contributed by atoms with Crippen LogP contribution in [0.1, 0.15) is 31.2 Å². The van der Waals surface area contributed by atoms with Crippen molar-refractivity contribution in [2.75, 3.05) is 30.4 Å². The van der Waals surface area contributed by atoms with Gasteiger partial charge < -0.3 is 26.0 Å². The molecule has 1 amide bonds. The van der Waals surface area contributed by atoms with Crippen LogP contribution in [0.15, 0.2) is 48.9 Å². The molecular formula is C28H30F2N8O2. The number of fused-ring (bicyclic) bond motifs is 1. The number of carbonyl (C=O) groups excluding carboxylic acids is 1. The normalized spacial score (nSPS) is 20.9. The van der Waals surface area contributed by atoms with Gasteiger partial charge in [0.2, 0.25) is 5.95 Å². The van der Waals surface area contributed by atoms with Crippen molar-refractivity contribution in [3.63, 3.8) is 0 Å². The van der Waals surface area contributed by atoms with Gasteiger partial charge in [-0.3, -0.25) is 4.98 Å². The molecule has 208 valence electrons. The van der Waals surface area contributed by atoms with Gasteiger partial charge in [0, 0.05) is 25.3 Å². The predicted octanol–water partition coefficient (Wildman–Crippen LogP) is 4.20. The number of methoxy groups -OCH3 is 1. The molecule has 2 aliphatic rings. The van der Waals surface area contributed by atoms with E-state index in [9.17, 15) is 4.79 Å². The lowest BCUT2D eigenvalue weighted by Gasteiger charge is -2.42. The molecular weight excluding hydrogens is 518 g/mol. The second kappa shape index (κ2) is 10.3. The highest BCUT2D eigenvalue weighted by molar-refractivity contribution is 5.74. The van der Waals surface area contributed by atoms with E-state index in [1.54, 1.807) is 30.7 Å². The number of nitrogens with one attached hydrogen (secondary N) is 2. The summed E-state index contributed by atoms with van der Waals surface area (Å²) in [6.07, 6.45) is 6.38. The summed E-state index contributed by atoms with van der Waals surface area (Å²) < 4.78 is 36.3. The molecule has 3 atom stereocenters. The summed E-state index contributed by atoms with van der Waals surface area (Å²) in [5.41, 5.74) is 9.29. The summed E-state index contributed by atoms with van der Waals surface area (Å²) in [5, 5.41) is 10.6. The highest BCUT2D eigenvalue weighted by Gasteiger charge is 2.34. The first kappa shape index (κ1) is 25.9. The number of carbonyl (C=O) groups is 1. The molecule has 6 rings (SSSR count). The van der Waals surface area contributed by atoms with Gasteiger partial charge in [-0.15, -0.1) is 0 Å². The van der Waals surface area contributed by atoms with Crippen molar-refractivity contribution >= 4 is 28.9 Å². The number of hydrogen-bond donors (Lipinski definition) is 3. The highest BCUT2D eigenvalue weighted by atomic mass is 19.1. The Kier molecular flexibility index (Phi) is 6.70. The summed E-state index contributed by atoms with van der Waals surface area (Å²) in [5.74, 6) is -0.626. The molecule has 4 aromatic rings. The monoisotopic (exact) mass is 548 g/mol. The van der Waals surface area contributed by atoms with Gasteiger partial charge >= 0.3 is 6.09 Å². The molecule has 0 bridgehead atoms. The maximum atomic E-state index is 15.0. The fourth-order valence-corrected chi connectivity index (χ4v) is 5.44. The molecule has 1 saturated carbocycles. The SMILES string of the molecule is COC(=O)NC1C(C)CN(c2ccncc2Nc2ncc3ccc(-c4c(F)cc(C5CC5)cc4F)nn23)CC1N. The van der Waals surface area contributed by atoms with Crippen LogP contribution in [0, 0.1) is 17.6 Å². The van der Waals surface area contributed by atoms with Crippen LogP contribution in [0.3, 0.4) is 0 Å². The number of imidazole rings is 1. The second-order valence-corrected chi connectivity index (χ2v) is 10.5. The summed E-state index contributed by atoms with van der Waals surface area (Å²) in [7, 11) is 1.32. The maximum absolute atomic E-state index is 15.0. The number of rotatable bonds is 6. The lowest BCUT2D eigenvalue weighted by atomic mass is 9.90. The van der Waals surface area contributed by atoms with Crippen LogP contribution in [0.25, 0.3) is 16.8 Å². The zero-order valence-electron chi connectivity index (χ0n) is 22.1. The zero-order chi connectivity index (χ0) is 28.0. The Hall–Kier alpha value is -4.32. The molecule has 1 aliphatic carbocycles. The van der Waals surface area contributed by atoms with Gasteiger partial charge in [-0.1, -0.05) is 6.92 Å². The zero-order valence-corrected chi connectivity index (χ0v) is 22.1. The number of benzene rings is 1. The number of hydrogen-bond acceptors (Lipinski definition) is 8. The first-order valence-electron chi connectivity index (χ1n) is 13.2. The van der Waals surface area contributed by atoms with Crippen molar-refractivity contribution in [3.05, 3.63) is 66.1 Å². The highest BCUT2D eigenvalue weighted by Crippen LogP contribution is 2.42. The number of nitrogens with zero attached hydrogens (tertiary/aromatic N) is 5. The van der Waals surface area contributed by atoms with E-state index in [1.807, 2.05) is 13.0 Å². The Morgan fingerprint density at radius 2 is 1.90 bits per heavy atom. The van der Waals surface area contributed by atoms with E-state index in [-0.39, 0.29) is 35.2 Å². The topological polar surface area (TPSA) is 123 Å². The van der Waals surface area contributed by atoms with Crippen LogP contribution in [-0.2, 0) is 4.74 Å². The third kappa shape index (κ3) is 4.90. The van der Waals surface area contributed by atoms with Crippen molar-refractivity contribution in [1.29, 1.82) is 0 Å². The molecule has 2 fully saturated rings. The Morgan fingerprint density at radius 3 is 2.60 bits per heavy atom. The van der Waals surface area contributed by atoms with E-state index >= 15 is 8.78 Å². The lowest BCUT2D eigenvalue weighted by molar-refractivity contribution is 0.156. The van der Waals surface area contributed by atoms with Gasteiger partial charge in [0.25, 0.3) is 0 Å². The van der Waals surface area contributed by atoms with E-state index < -0.39 is 17.7 Å². The smallest absolute Gasteiger partial charge is 0.407 e. The van der Waals surface area contributed by atoms with Crippen molar-refractivity contribution in [2.45, 2.75) is 37.8 Å². The van der Waals surface area contributed by atoms with Crippen molar-refractivity contribution in [1.82, 2.24) is 24.9 Å². The standard InChI is InChI=1S/C28H30F2N8O2/c1-15-13-37(14-21(31)26(15)35-28(39)40-2)24-7-8-32-12-23(24)34-27-33-11-18-5-6-22(36-38(18)27)25-19(29)9-17(10-20(25)30)16-3-4-16/h5-12,15-16,21,26H,3-4,13-14,31H2,1-2H3,(H,33,34)(H,35,39). The number of nitrogens with two attached hydrogens (primary N) is 1. The molecule has 3 unspecified atom stereocenters. The minimum absolute atomic E-state index is 0.0384. The third-order valence-corrected chi connectivity index (χ3v) is 7.62. The van der Waals surface area contributed by atoms with Crippen LogP contribution >= 0.6 is 0 Å². The molecule has 1 aromatic carbocycles. The maximum Gasteiger partial charge on any atom is 0.407 e. The number of ether oxygens (including phenoxy) is 1. The van der Waals surface area contributed by atoms with Gasteiger partial charge in [0.1, 0.15) is 11.6 Å². The van der Waals surface area contributed by atoms with E-state index in [4.69, 9.17) is 10.5 Å². The van der Waals surface area contributed by atoms with E-state index in [1.165, 1.54) is 23.8 Å². The van der Waals surface area contributed by atoms with Crippen LogP contribution in [0.5, 0.6) is 0 Å². The third-order valence-electron chi connectivity index (χ3n) is 7.62. The molecule has 0 spiro atoms. The number of aromatic nitrogens is 4. The minimum Gasteiger partial charge on any atom is -0.453 e. The van der Waals surface area contributed by atoms with Crippen LogP contribution in [0.4, 0.5) is 30.9 Å². The first-order chi connectivity index (χ1) is 19.3. The molecule has 10 nitrogen and oxygen atoms in total. The molecule has 4 heterocycles. The van der Waals surface area contributed by atoms with Crippen molar-refractivity contribution < 1.29 is 18.3 Å². The molecule has 1 saturated heterocycles. The predicted molar refractivity (Wildman–Crippen MR) is 147 cm³/mol. The molecule has 12 heteroatoms. The summed E-state index contributed by atoms with van der Waals surface area (Å²) in [4.78, 5) is 22.6. The largest absolute Gasteiger partial charge is 0.453 e. The van der Waals surface area contributed by atoms with E-state index in [0.717, 1.165) is 18.5 Å². The average Bonchev–Trinajstić information content (AvgIpc) is 3.72. The van der Waals surface area contributed by atoms with Gasteiger partial charge in [-0.25, -0.2) is 18.6 Å². The quantitative estimate of drug-likeness (QED) is 0.328. The lowest BCUT2D eigenvalue weighted by Crippen LogP contribution is -2.62. The van der Waals surface area contributed by atoms with Crippen molar-refractivity contribution in [2.24, 2.45) is 11.7 Å². The Morgan fingerprint density at radius 1 is 1.12 bits per heavy atom.